The maximum atomic E-state index is 12.9. The molecule has 0 saturated carbocycles. The highest BCUT2D eigenvalue weighted by molar-refractivity contribution is 6.14. The highest BCUT2D eigenvalue weighted by Crippen LogP contribution is 2.21. The van der Waals surface area contributed by atoms with Gasteiger partial charge >= 0.3 is 0 Å². The number of benzene rings is 3. The number of nitrogens with one attached hydrogen (secondary N) is 2. The van der Waals surface area contributed by atoms with E-state index < -0.39 is 0 Å². The summed E-state index contributed by atoms with van der Waals surface area (Å²) in [7, 11) is 0. The van der Waals surface area contributed by atoms with Gasteiger partial charge in [-0.25, -0.2) is 0 Å². The molecule has 1 atom stereocenters. The third-order valence-electron chi connectivity index (χ3n) is 4.97. The summed E-state index contributed by atoms with van der Waals surface area (Å²) in [5.74, 6) is -0.458. The minimum Gasteiger partial charge on any atom is -0.376 e. The van der Waals surface area contributed by atoms with E-state index in [2.05, 4.69) is 10.6 Å². The number of anilines is 1. The highest BCUT2D eigenvalue weighted by atomic mass is 16.5. The molecule has 0 radical (unpaired) electrons. The van der Waals surface area contributed by atoms with Crippen molar-refractivity contribution in [1.82, 2.24) is 5.32 Å². The van der Waals surface area contributed by atoms with Crippen molar-refractivity contribution in [2.75, 3.05) is 18.5 Å². The summed E-state index contributed by atoms with van der Waals surface area (Å²) in [6.07, 6.45) is 2.05. The predicted molar refractivity (Wildman–Crippen MR) is 110 cm³/mol. The van der Waals surface area contributed by atoms with Gasteiger partial charge in [0.15, 0.2) is 0 Å². The largest absolute Gasteiger partial charge is 0.376 e. The SMILES string of the molecule is O=C(NC[C@@H]1CCCO1)c1ccccc1NC(=O)c1cccc2ccccc12. The van der Waals surface area contributed by atoms with Crippen LogP contribution in [0.2, 0.25) is 0 Å². The summed E-state index contributed by atoms with van der Waals surface area (Å²) in [6, 6.07) is 20.4. The predicted octanol–water partition coefficient (Wildman–Crippen LogP) is 4.00. The monoisotopic (exact) mass is 374 g/mol. The first-order valence-corrected chi connectivity index (χ1v) is 9.50. The molecule has 2 amide bonds. The summed E-state index contributed by atoms with van der Waals surface area (Å²) >= 11 is 0. The fourth-order valence-corrected chi connectivity index (χ4v) is 3.51. The van der Waals surface area contributed by atoms with E-state index in [4.69, 9.17) is 4.74 Å². The first-order chi connectivity index (χ1) is 13.7. The van der Waals surface area contributed by atoms with Gasteiger partial charge in [-0.1, -0.05) is 48.5 Å². The molecule has 1 aliphatic rings. The van der Waals surface area contributed by atoms with Crippen LogP contribution in [-0.2, 0) is 4.74 Å². The molecule has 0 unspecified atom stereocenters. The second kappa shape index (κ2) is 8.23. The first-order valence-electron chi connectivity index (χ1n) is 9.50. The van der Waals surface area contributed by atoms with Crippen molar-refractivity contribution in [3.8, 4) is 0 Å². The second-order valence-electron chi connectivity index (χ2n) is 6.87. The Morgan fingerprint density at radius 2 is 1.64 bits per heavy atom. The molecule has 1 heterocycles. The Hall–Kier alpha value is -3.18. The van der Waals surface area contributed by atoms with Crippen LogP contribution in [0.15, 0.2) is 66.7 Å². The van der Waals surface area contributed by atoms with Gasteiger partial charge in [-0.2, -0.15) is 0 Å². The lowest BCUT2D eigenvalue weighted by Gasteiger charge is -2.14. The molecular formula is C23H22N2O3. The maximum Gasteiger partial charge on any atom is 0.256 e. The zero-order valence-corrected chi connectivity index (χ0v) is 15.5. The number of fused-ring (bicyclic) bond motifs is 1. The zero-order valence-electron chi connectivity index (χ0n) is 15.5. The van der Waals surface area contributed by atoms with Crippen LogP contribution in [0.25, 0.3) is 10.8 Å². The van der Waals surface area contributed by atoms with Crippen molar-refractivity contribution >= 4 is 28.3 Å². The Bertz CT molecular complexity index is 1000. The molecule has 0 aromatic heterocycles. The molecule has 1 saturated heterocycles. The molecule has 28 heavy (non-hydrogen) atoms. The van der Waals surface area contributed by atoms with Crippen molar-refractivity contribution in [2.24, 2.45) is 0 Å². The van der Waals surface area contributed by atoms with E-state index in [1.165, 1.54) is 0 Å². The number of carbonyl (C=O) groups excluding carboxylic acids is 2. The van der Waals surface area contributed by atoms with Crippen LogP contribution in [0.3, 0.4) is 0 Å². The smallest absolute Gasteiger partial charge is 0.256 e. The fraction of sp³-hybridized carbons (Fsp3) is 0.217. The van der Waals surface area contributed by atoms with E-state index in [0.29, 0.717) is 23.4 Å². The molecule has 1 fully saturated rings. The van der Waals surface area contributed by atoms with Crippen molar-refractivity contribution < 1.29 is 14.3 Å². The third-order valence-corrected chi connectivity index (χ3v) is 4.97. The number of para-hydroxylation sites is 1. The Morgan fingerprint density at radius 3 is 2.50 bits per heavy atom. The Balaban J connectivity index is 1.53. The number of hydrogen-bond acceptors (Lipinski definition) is 3. The van der Waals surface area contributed by atoms with Crippen LogP contribution in [-0.4, -0.2) is 31.1 Å². The lowest BCUT2D eigenvalue weighted by molar-refractivity contribution is 0.0858. The number of carbonyl (C=O) groups is 2. The van der Waals surface area contributed by atoms with Crippen LogP contribution in [0.4, 0.5) is 5.69 Å². The molecule has 3 aromatic rings. The van der Waals surface area contributed by atoms with Crippen LogP contribution in [0, 0.1) is 0 Å². The quantitative estimate of drug-likeness (QED) is 0.709. The Kier molecular flexibility index (Phi) is 5.35. The molecule has 1 aliphatic heterocycles. The molecule has 2 N–H and O–H groups in total. The van der Waals surface area contributed by atoms with E-state index in [-0.39, 0.29) is 17.9 Å². The summed E-state index contributed by atoms with van der Waals surface area (Å²) < 4.78 is 5.55. The van der Waals surface area contributed by atoms with Crippen LogP contribution in [0.5, 0.6) is 0 Å². The standard InChI is InChI=1S/C23H22N2O3/c26-22(24-15-17-9-6-14-28-17)20-11-3-4-13-21(20)25-23(27)19-12-5-8-16-7-1-2-10-18(16)19/h1-5,7-8,10-13,17H,6,9,14-15H2,(H,24,26)(H,25,27)/t17-/m0/s1. The Labute approximate surface area is 163 Å². The molecule has 5 nitrogen and oxygen atoms in total. The van der Waals surface area contributed by atoms with E-state index in [9.17, 15) is 9.59 Å². The summed E-state index contributed by atoms with van der Waals surface area (Å²) in [5.41, 5.74) is 1.51. The summed E-state index contributed by atoms with van der Waals surface area (Å²) in [4.78, 5) is 25.5. The molecule has 0 aliphatic carbocycles. The van der Waals surface area contributed by atoms with E-state index in [1.54, 1.807) is 30.3 Å². The molecule has 5 heteroatoms. The van der Waals surface area contributed by atoms with Gasteiger partial charge in [0.2, 0.25) is 0 Å². The first kappa shape index (κ1) is 18.2. The molecule has 0 spiro atoms. The zero-order chi connectivity index (χ0) is 19.3. The van der Waals surface area contributed by atoms with Gasteiger partial charge in [0.1, 0.15) is 0 Å². The number of ether oxygens (including phenoxy) is 1. The average Bonchev–Trinajstić information content (AvgIpc) is 3.25. The van der Waals surface area contributed by atoms with E-state index in [0.717, 1.165) is 30.2 Å². The van der Waals surface area contributed by atoms with Crippen LogP contribution in [0.1, 0.15) is 33.6 Å². The average molecular weight is 374 g/mol. The normalized spacial score (nSPS) is 16.1. The molecular weight excluding hydrogens is 352 g/mol. The van der Waals surface area contributed by atoms with Gasteiger partial charge in [0.05, 0.1) is 17.4 Å². The second-order valence-corrected chi connectivity index (χ2v) is 6.87. The third kappa shape index (κ3) is 3.89. The number of amides is 2. The highest BCUT2D eigenvalue weighted by Gasteiger charge is 2.19. The molecule has 4 rings (SSSR count). The van der Waals surface area contributed by atoms with Gasteiger partial charge < -0.3 is 15.4 Å². The van der Waals surface area contributed by atoms with Crippen LogP contribution >= 0.6 is 0 Å². The number of hydrogen-bond donors (Lipinski definition) is 2. The van der Waals surface area contributed by atoms with Gasteiger partial charge in [-0.05, 0) is 41.8 Å². The van der Waals surface area contributed by atoms with Gasteiger partial charge in [0, 0.05) is 18.7 Å². The fourth-order valence-electron chi connectivity index (χ4n) is 3.51. The van der Waals surface area contributed by atoms with Gasteiger partial charge in [-0.15, -0.1) is 0 Å². The molecule has 142 valence electrons. The van der Waals surface area contributed by atoms with Crippen molar-refractivity contribution in [3.05, 3.63) is 77.9 Å². The summed E-state index contributed by atoms with van der Waals surface area (Å²) in [5, 5.41) is 7.68. The van der Waals surface area contributed by atoms with Crippen molar-refractivity contribution in [2.45, 2.75) is 18.9 Å². The minimum absolute atomic E-state index is 0.0707. The number of rotatable bonds is 5. The molecule has 0 bridgehead atoms. The Morgan fingerprint density at radius 1 is 0.893 bits per heavy atom. The van der Waals surface area contributed by atoms with Gasteiger partial charge in [0.25, 0.3) is 11.8 Å². The van der Waals surface area contributed by atoms with Crippen LogP contribution < -0.4 is 10.6 Å². The lowest BCUT2D eigenvalue weighted by atomic mass is 10.0. The maximum absolute atomic E-state index is 12.9. The van der Waals surface area contributed by atoms with Crippen molar-refractivity contribution in [3.63, 3.8) is 0 Å². The van der Waals surface area contributed by atoms with E-state index in [1.807, 2.05) is 36.4 Å². The van der Waals surface area contributed by atoms with Gasteiger partial charge in [-0.3, -0.25) is 9.59 Å². The van der Waals surface area contributed by atoms with E-state index >= 15 is 0 Å². The minimum atomic E-state index is -0.240. The topological polar surface area (TPSA) is 67.4 Å². The van der Waals surface area contributed by atoms with Crippen molar-refractivity contribution in [1.29, 1.82) is 0 Å². The molecule has 3 aromatic carbocycles. The summed E-state index contributed by atoms with van der Waals surface area (Å²) in [6.45, 7) is 1.22. The lowest BCUT2D eigenvalue weighted by Crippen LogP contribution is -2.32.